The van der Waals surface area contributed by atoms with Crippen LogP contribution < -0.4 is 5.32 Å². The lowest BCUT2D eigenvalue weighted by Gasteiger charge is -2.06. The van der Waals surface area contributed by atoms with E-state index in [0.29, 0.717) is 10.9 Å². The highest BCUT2D eigenvalue weighted by molar-refractivity contribution is 9.10. The van der Waals surface area contributed by atoms with Gasteiger partial charge < -0.3 is 5.32 Å². The Balaban J connectivity index is 3.55. The third-order valence-corrected chi connectivity index (χ3v) is 2.55. The summed E-state index contributed by atoms with van der Waals surface area (Å²) in [7, 11) is 0. The molecule has 0 fully saturated rings. The number of ketones is 1. The summed E-state index contributed by atoms with van der Waals surface area (Å²) in [5, 5.41) is 13.1. The van der Waals surface area contributed by atoms with Gasteiger partial charge in [0.15, 0.2) is 5.78 Å². The molecular formula is C9H7BrN2O4. The first kappa shape index (κ1) is 12.3. The van der Waals surface area contributed by atoms with E-state index < -0.39 is 16.4 Å². The average molecular weight is 287 g/mol. The number of carbonyl (C=O) groups is 2. The molecule has 84 valence electrons. The normalized spacial score (nSPS) is 9.62. The summed E-state index contributed by atoms with van der Waals surface area (Å²) in [5.41, 5.74) is -0.473. The molecule has 0 saturated carbocycles. The number of Topliss-reactive ketones (excluding diaryl/α,β-unsaturated/α-hetero) is 1. The van der Waals surface area contributed by atoms with Gasteiger partial charge in [-0.2, -0.15) is 0 Å². The number of anilines is 1. The van der Waals surface area contributed by atoms with Gasteiger partial charge >= 0.3 is 5.69 Å². The fraction of sp³-hybridized carbons (Fsp3) is 0.111. The van der Waals surface area contributed by atoms with Gasteiger partial charge in [-0.15, -0.1) is 0 Å². The largest absolute Gasteiger partial charge is 0.322 e. The fourth-order valence-corrected chi connectivity index (χ4v) is 1.67. The van der Waals surface area contributed by atoms with Gasteiger partial charge in [-0.05, 0) is 35.0 Å². The van der Waals surface area contributed by atoms with Gasteiger partial charge in [0, 0.05) is 4.47 Å². The Labute approximate surface area is 98.9 Å². The highest BCUT2D eigenvalue weighted by atomic mass is 79.9. The molecule has 0 aromatic heterocycles. The van der Waals surface area contributed by atoms with E-state index in [0.717, 1.165) is 0 Å². The molecule has 0 unspecified atom stereocenters. The average Bonchev–Trinajstić information content (AvgIpc) is 2.20. The van der Waals surface area contributed by atoms with Crippen molar-refractivity contribution in [3.63, 3.8) is 0 Å². The van der Waals surface area contributed by atoms with E-state index in [1.807, 2.05) is 0 Å². The zero-order valence-electron chi connectivity index (χ0n) is 8.19. The van der Waals surface area contributed by atoms with Crippen molar-refractivity contribution in [2.45, 2.75) is 6.92 Å². The molecular weight excluding hydrogens is 280 g/mol. The summed E-state index contributed by atoms with van der Waals surface area (Å²) in [6.07, 6.45) is 0.316. The van der Waals surface area contributed by atoms with Crippen molar-refractivity contribution in [3.8, 4) is 0 Å². The van der Waals surface area contributed by atoms with E-state index in [1.54, 1.807) is 0 Å². The van der Waals surface area contributed by atoms with Crippen molar-refractivity contribution in [3.05, 3.63) is 32.3 Å². The number of nitro benzene ring substituents is 1. The number of hydrogen-bond donors (Lipinski definition) is 1. The Bertz CT molecular complexity index is 473. The van der Waals surface area contributed by atoms with Gasteiger partial charge in [0.05, 0.1) is 10.5 Å². The van der Waals surface area contributed by atoms with Crippen molar-refractivity contribution in [1.82, 2.24) is 0 Å². The van der Waals surface area contributed by atoms with Gasteiger partial charge in [-0.1, -0.05) is 0 Å². The number of carbonyl (C=O) groups excluding carboxylic acids is 2. The van der Waals surface area contributed by atoms with Crippen molar-refractivity contribution in [2.24, 2.45) is 0 Å². The van der Waals surface area contributed by atoms with E-state index in [1.165, 1.54) is 19.1 Å². The van der Waals surface area contributed by atoms with Crippen LogP contribution in [0, 0.1) is 10.1 Å². The second-order valence-electron chi connectivity index (χ2n) is 2.89. The molecule has 0 bridgehead atoms. The monoisotopic (exact) mass is 286 g/mol. The Morgan fingerprint density at radius 2 is 2.19 bits per heavy atom. The van der Waals surface area contributed by atoms with Gasteiger partial charge in [-0.25, -0.2) is 0 Å². The summed E-state index contributed by atoms with van der Waals surface area (Å²) in [6, 6.07) is 2.80. The topological polar surface area (TPSA) is 89.3 Å². The molecule has 0 saturated heterocycles. The standard InChI is InChI=1S/C9H7BrN2O4/c1-5(14)6-2-3-7(10)8(11-4-13)9(6)12(15)16/h2-4H,1H3,(H,11,13). The van der Waals surface area contributed by atoms with Gasteiger partial charge in [0.25, 0.3) is 0 Å². The zero-order chi connectivity index (χ0) is 12.3. The molecule has 0 atom stereocenters. The highest BCUT2D eigenvalue weighted by Crippen LogP contribution is 2.35. The second-order valence-corrected chi connectivity index (χ2v) is 3.75. The van der Waals surface area contributed by atoms with Crippen LogP contribution in [0.2, 0.25) is 0 Å². The number of amides is 1. The van der Waals surface area contributed by atoms with Crippen LogP contribution in [0.25, 0.3) is 0 Å². The maximum atomic E-state index is 11.2. The molecule has 0 radical (unpaired) electrons. The lowest BCUT2D eigenvalue weighted by atomic mass is 10.1. The Hall–Kier alpha value is -1.76. The minimum absolute atomic E-state index is 0.0206. The first-order chi connectivity index (χ1) is 7.49. The Morgan fingerprint density at radius 3 is 2.62 bits per heavy atom. The van der Waals surface area contributed by atoms with E-state index in [4.69, 9.17) is 0 Å². The molecule has 6 nitrogen and oxygen atoms in total. The molecule has 1 aromatic carbocycles. The zero-order valence-corrected chi connectivity index (χ0v) is 9.78. The number of nitrogens with one attached hydrogen (secondary N) is 1. The number of nitrogens with zero attached hydrogens (tertiary/aromatic N) is 1. The van der Waals surface area contributed by atoms with Crippen LogP contribution in [-0.4, -0.2) is 17.1 Å². The molecule has 0 aliphatic carbocycles. The molecule has 1 N–H and O–H groups in total. The summed E-state index contributed by atoms with van der Waals surface area (Å²) in [5.74, 6) is -0.437. The molecule has 1 aromatic rings. The minimum atomic E-state index is -0.701. The smallest absolute Gasteiger partial charge is 0.304 e. The van der Waals surface area contributed by atoms with Gasteiger partial charge in [0.2, 0.25) is 6.41 Å². The Morgan fingerprint density at radius 1 is 1.56 bits per heavy atom. The highest BCUT2D eigenvalue weighted by Gasteiger charge is 2.24. The third kappa shape index (κ3) is 2.25. The summed E-state index contributed by atoms with van der Waals surface area (Å²) >= 11 is 3.06. The quantitative estimate of drug-likeness (QED) is 0.397. The molecule has 0 spiro atoms. The maximum Gasteiger partial charge on any atom is 0.304 e. The van der Waals surface area contributed by atoms with Crippen LogP contribution >= 0.6 is 15.9 Å². The first-order valence-corrected chi connectivity index (χ1v) is 4.96. The van der Waals surface area contributed by atoms with Crippen LogP contribution in [0.4, 0.5) is 11.4 Å². The summed E-state index contributed by atoms with van der Waals surface area (Å²) in [6.45, 7) is 1.22. The van der Waals surface area contributed by atoms with Crippen molar-refractivity contribution >= 4 is 39.5 Å². The van der Waals surface area contributed by atoms with E-state index >= 15 is 0 Å². The predicted molar refractivity (Wildman–Crippen MR) is 60.5 cm³/mol. The lowest BCUT2D eigenvalue weighted by molar-refractivity contribution is -0.384. The number of hydrogen-bond acceptors (Lipinski definition) is 4. The van der Waals surface area contributed by atoms with Crippen LogP contribution in [0.1, 0.15) is 17.3 Å². The third-order valence-electron chi connectivity index (χ3n) is 1.89. The molecule has 1 rings (SSSR count). The number of nitro groups is 1. The van der Waals surface area contributed by atoms with E-state index in [9.17, 15) is 19.7 Å². The second kappa shape index (κ2) is 4.84. The molecule has 1 amide bonds. The summed E-state index contributed by atoms with van der Waals surface area (Å²) < 4.78 is 0.344. The lowest BCUT2D eigenvalue weighted by Crippen LogP contribution is -2.06. The molecule has 0 heterocycles. The number of rotatable bonds is 4. The van der Waals surface area contributed by atoms with Crippen molar-refractivity contribution < 1.29 is 14.5 Å². The summed E-state index contributed by atoms with van der Waals surface area (Å²) in [4.78, 5) is 31.7. The van der Waals surface area contributed by atoms with Crippen LogP contribution in [-0.2, 0) is 4.79 Å². The van der Waals surface area contributed by atoms with Crippen molar-refractivity contribution in [1.29, 1.82) is 0 Å². The predicted octanol–water partition coefficient (Wildman–Crippen LogP) is 2.13. The molecule has 0 aliphatic rings. The van der Waals surface area contributed by atoms with Crippen LogP contribution in [0.5, 0.6) is 0 Å². The number of benzene rings is 1. The van der Waals surface area contributed by atoms with Crippen LogP contribution in [0.3, 0.4) is 0 Å². The first-order valence-electron chi connectivity index (χ1n) is 4.17. The van der Waals surface area contributed by atoms with E-state index in [2.05, 4.69) is 21.2 Å². The van der Waals surface area contributed by atoms with Gasteiger partial charge in [-0.3, -0.25) is 19.7 Å². The molecule has 7 heteroatoms. The van der Waals surface area contributed by atoms with Crippen molar-refractivity contribution in [2.75, 3.05) is 5.32 Å². The Kier molecular flexibility index (Phi) is 3.73. The number of halogens is 1. The molecule has 0 aliphatic heterocycles. The minimum Gasteiger partial charge on any atom is -0.322 e. The van der Waals surface area contributed by atoms with Crippen LogP contribution in [0.15, 0.2) is 16.6 Å². The SMILES string of the molecule is CC(=O)c1ccc(Br)c(NC=O)c1[N+](=O)[O-]. The molecule has 16 heavy (non-hydrogen) atoms. The van der Waals surface area contributed by atoms with Gasteiger partial charge in [0.1, 0.15) is 5.69 Å². The fourth-order valence-electron chi connectivity index (χ4n) is 1.24. The maximum absolute atomic E-state index is 11.2. The van der Waals surface area contributed by atoms with E-state index in [-0.39, 0.29) is 11.3 Å².